The molecule has 0 aliphatic heterocycles. The minimum atomic E-state index is -1.39. The van der Waals surface area contributed by atoms with Crippen LogP contribution in [0.15, 0.2) is 11.8 Å². The number of unbranched alkanes of at least 4 members (excludes halogenated alkanes) is 2. The zero-order chi connectivity index (χ0) is 18.3. The van der Waals surface area contributed by atoms with Crippen LogP contribution in [0.3, 0.4) is 0 Å². The number of carbonyl (C=O) groups excluding carboxylic acids is 2. The molecule has 7 nitrogen and oxygen atoms in total. The van der Waals surface area contributed by atoms with E-state index in [4.69, 9.17) is 10.8 Å². The maximum absolute atomic E-state index is 11.9. The summed E-state index contributed by atoms with van der Waals surface area (Å²) in [6, 6.07) is 0. The number of carboxylic acids is 2. The van der Waals surface area contributed by atoms with Gasteiger partial charge in [-0.3, -0.25) is 9.59 Å². The van der Waals surface area contributed by atoms with Gasteiger partial charge in [0, 0.05) is 5.92 Å². The summed E-state index contributed by atoms with van der Waals surface area (Å²) < 4.78 is 0. The molecule has 25 heavy (non-hydrogen) atoms. The molecule has 1 fully saturated rings. The topological polar surface area (TPSA) is 133 Å². The van der Waals surface area contributed by atoms with Crippen molar-refractivity contribution in [2.24, 2.45) is 17.1 Å². The molecule has 0 aromatic rings. The summed E-state index contributed by atoms with van der Waals surface area (Å²) in [5, 5.41) is 21.7. The van der Waals surface area contributed by atoms with Crippen LogP contribution in [-0.2, 0) is 14.4 Å². The largest absolute Gasteiger partial charge is 1.00 e. The van der Waals surface area contributed by atoms with Gasteiger partial charge in [-0.05, 0) is 36.9 Å². The van der Waals surface area contributed by atoms with Crippen LogP contribution in [0.4, 0.5) is 0 Å². The molecule has 0 aromatic heterocycles. The number of carboxylic acid groups (broad SMARTS) is 2. The number of hydrogen-bond acceptors (Lipinski definition) is 6. The first kappa shape index (κ1) is 24.5. The Labute approximate surface area is 174 Å². The Bertz CT molecular complexity index is 525. The average Bonchev–Trinajstić information content (AvgIpc) is 3.09. The molecule has 0 radical (unpaired) electrons. The zero-order valence-electron chi connectivity index (χ0n) is 15.0. The van der Waals surface area contributed by atoms with Gasteiger partial charge in [0.2, 0.25) is 5.91 Å². The molecule has 0 spiro atoms. The van der Waals surface area contributed by atoms with Crippen molar-refractivity contribution < 1.29 is 54.2 Å². The fourth-order valence-corrected chi connectivity index (χ4v) is 3.21. The van der Waals surface area contributed by atoms with Crippen molar-refractivity contribution >= 4 is 29.6 Å². The van der Waals surface area contributed by atoms with E-state index in [1.807, 2.05) is 13.8 Å². The van der Waals surface area contributed by atoms with Crippen molar-refractivity contribution in [1.29, 1.82) is 0 Å². The van der Waals surface area contributed by atoms with Crippen molar-refractivity contribution in [1.82, 2.24) is 5.32 Å². The average molecular weight is 380 g/mol. The molecular weight excluding hydrogens is 355 g/mol. The number of amides is 1. The van der Waals surface area contributed by atoms with E-state index in [9.17, 15) is 19.5 Å². The summed E-state index contributed by atoms with van der Waals surface area (Å²) in [4.78, 5) is 33.5. The molecule has 1 amide bonds. The monoisotopic (exact) mass is 380 g/mol. The summed E-state index contributed by atoms with van der Waals surface area (Å²) >= 11 is 1.37. The molecule has 0 saturated heterocycles. The molecular formula is C16H25N2NaO5S. The Morgan fingerprint density at radius 2 is 2.00 bits per heavy atom. The summed E-state index contributed by atoms with van der Waals surface area (Å²) in [5.74, 6) is -2.03. The van der Waals surface area contributed by atoms with E-state index in [-0.39, 0.29) is 58.9 Å². The van der Waals surface area contributed by atoms with Crippen LogP contribution in [0.25, 0.3) is 0 Å². The van der Waals surface area contributed by atoms with Crippen LogP contribution in [0.2, 0.25) is 0 Å². The number of rotatable bonds is 11. The third kappa shape index (κ3) is 9.65. The van der Waals surface area contributed by atoms with E-state index in [1.165, 1.54) is 17.8 Å². The van der Waals surface area contributed by atoms with Crippen molar-refractivity contribution in [2.75, 3.05) is 5.75 Å². The van der Waals surface area contributed by atoms with Gasteiger partial charge in [0.25, 0.3) is 0 Å². The van der Waals surface area contributed by atoms with Crippen LogP contribution in [0.1, 0.15) is 46.0 Å². The number of carbonyl (C=O) groups is 3. The maximum Gasteiger partial charge on any atom is 1.00 e. The number of nitrogens with two attached hydrogens (primary N) is 1. The zero-order valence-corrected chi connectivity index (χ0v) is 17.9. The molecule has 1 saturated carbocycles. The molecule has 2 atom stereocenters. The molecule has 0 heterocycles. The smallest absolute Gasteiger partial charge is 0.543 e. The molecule has 4 N–H and O–H groups in total. The van der Waals surface area contributed by atoms with E-state index in [1.54, 1.807) is 0 Å². The van der Waals surface area contributed by atoms with Gasteiger partial charge in [-0.2, -0.15) is 0 Å². The SMILES string of the molecule is CC1(C)CC1C(=O)N/C(=C\CCCCSC(N)CC(=O)O)C(=O)[O-].[Na+]. The number of thioether (sulfide) groups is 1. The van der Waals surface area contributed by atoms with Crippen LogP contribution in [0, 0.1) is 11.3 Å². The van der Waals surface area contributed by atoms with Gasteiger partial charge in [-0.1, -0.05) is 19.9 Å². The van der Waals surface area contributed by atoms with Gasteiger partial charge >= 0.3 is 35.5 Å². The second-order valence-corrected chi connectivity index (χ2v) is 7.99. The molecule has 9 heteroatoms. The number of aliphatic carboxylic acids is 2. The maximum atomic E-state index is 11.9. The van der Waals surface area contributed by atoms with Gasteiger partial charge in [-0.15, -0.1) is 11.8 Å². The Hall–Kier alpha value is -0.540. The Balaban J connectivity index is 0.00000576. The molecule has 2 unspecified atom stereocenters. The van der Waals surface area contributed by atoms with E-state index < -0.39 is 17.3 Å². The van der Waals surface area contributed by atoms with Crippen molar-refractivity contribution in [3.05, 3.63) is 11.8 Å². The second kappa shape index (κ2) is 11.2. The van der Waals surface area contributed by atoms with Crippen molar-refractivity contribution in [3.8, 4) is 0 Å². The summed E-state index contributed by atoms with van der Waals surface area (Å²) in [6.45, 7) is 3.93. The van der Waals surface area contributed by atoms with Crippen molar-refractivity contribution in [3.63, 3.8) is 0 Å². The van der Waals surface area contributed by atoms with Gasteiger partial charge in [-0.25, -0.2) is 0 Å². The minimum absolute atomic E-state index is 0. The summed E-state index contributed by atoms with van der Waals surface area (Å²) in [6.07, 6.45) is 4.12. The summed E-state index contributed by atoms with van der Waals surface area (Å²) in [5.41, 5.74) is 5.38. The molecule has 1 aliphatic carbocycles. The Morgan fingerprint density at radius 1 is 1.40 bits per heavy atom. The third-order valence-corrected chi connectivity index (χ3v) is 5.08. The predicted molar refractivity (Wildman–Crippen MR) is 89.7 cm³/mol. The van der Waals surface area contributed by atoms with E-state index >= 15 is 0 Å². The van der Waals surface area contributed by atoms with Crippen molar-refractivity contribution in [2.45, 2.75) is 51.3 Å². The standard InChI is InChI=1S/C16H26N2O5S.Na/c1-16(2)9-10(16)14(21)18-11(15(22)23)6-4-3-5-7-24-12(17)8-13(19)20;/h6,10,12H,3-5,7-9,17H2,1-2H3,(H,18,21)(H,19,20)(H,22,23);/q;+1/p-1/b11-6-;. The Kier molecular flexibility index (Phi) is 11.0. The van der Waals surface area contributed by atoms with Gasteiger partial charge in [0.1, 0.15) is 0 Å². The van der Waals surface area contributed by atoms with Gasteiger partial charge < -0.3 is 26.1 Å². The number of allylic oxidation sites excluding steroid dienone is 1. The minimum Gasteiger partial charge on any atom is -0.543 e. The first-order valence-corrected chi connectivity index (χ1v) is 8.99. The molecule has 0 aromatic carbocycles. The molecule has 1 rings (SSSR count). The van der Waals surface area contributed by atoms with E-state index in [2.05, 4.69) is 5.32 Å². The number of nitrogens with one attached hydrogen (secondary N) is 1. The van der Waals surface area contributed by atoms with Gasteiger partial charge in [0.05, 0.1) is 23.5 Å². The van der Waals surface area contributed by atoms with Crippen LogP contribution in [-0.4, -0.2) is 34.1 Å². The predicted octanol–water partition coefficient (Wildman–Crippen LogP) is -2.55. The third-order valence-electron chi connectivity index (χ3n) is 3.96. The van der Waals surface area contributed by atoms with E-state index in [0.717, 1.165) is 12.8 Å². The van der Waals surface area contributed by atoms with Crippen LogP contribution < -0.4 is 45.7 Å². The fraction of sp³-hybridized carbons (Fsp3) is 0.688. The van der Waals surface area contributed by atoms with Crippen LogP contribution in [0.5, 0.6) is 0 Å². The van der Waals surface area contributed by atoms with Gasteiger partial charge in [0.15, 0.2) is 0 Å². The normalized spacial score (nSPS) is 19.5. The van der Waals surface area contributed by atoms with Crippen LogP contribution >= 0.6 is 11.8 Å². The second-order valence-electron chi connectivity index (χ2n) is 6.64. The molecule has 0 bridgehead atoms. The fourth-order valence-electron chi connectivity index (χ4n) is 2.28. The molecule has 136 valence electrons. The quantitative estimate of drug-likeness (QED) is 0.156. The first-order valence-electron chi connectivity index (χ1n) is 7.95. The van der Waals surface area contributed by atoms with E-state index in [0.29, 0.717) is 18.6 Å². The first-order chi connectivity index (χ1) is 11.1. The Morgan fingerprint density at radius 3 is 2.48 bits per heavy atom. The summed E-state index contributed by atoms with van der Waals surface area (Å²) in [7, 11) is 0. The molecule has 1 aliphatic rings. The number of hydrogen-bond donors (Lipinski definition) is 3.